The Balaban J connectivity index is 2.81. The maximum Gasteiger partial charge on any atom is 0.331 e. The van der Waals surface area contributed by atoms with Gasteiger partial charge in [0.25, 0.3) is 0 Å². The molecule has 1 heterocycles. The van der Waals surface area contributed by atoms with Gasteiger partial charge in [-0.25, -0.2) is 0 Å². The van der Waals surface area contributed by atoms with E-state index in [1.54, 1.807) is 0 Å². The Hall–Kier alpha value is -0.420. The third kappa shape index (κ3) is 2.63. The lowest BCUT2D eigenvalue weighted by Crippen LogP contribution is -2.48. The van der Waals surface area contributed by atoms with Crippen molar-refractivity contribution in [3.8, 4) is 0 Å². The van der Waals surface area contributed by atoms with Crippen molar-refractivity contribution in [1.29, 1.82) is 0 Å². The van der Waals surface area contributed by atoms with Crippen molar-refractivity contribution in [2.75, 3.05) is 6.54 Å². The largest absolute Gasteiger partial charge is 0.480 e. The highest BCUT2D eigenvalue weighted by atomic mass is 31.2. The average molecular weight is 251 g/mol. The molecular formula is C9H18NO5P. The predicted molar refractivity (Wildman–Crippen MR) is 58.3 cm³/mol. The Morgan fingerprint density at radius 2 is 2.00 bits per heavy atom. The Kier molecular flexibility index (Phi) is 3.80. The number of carboxylic acid groups (broad SMARTS) is 1. The molecule has 1 fully saturated rings. The van der Waals surface area contributed by atoms with Gasteiger partial charge >= 0.3 is 13.6 Å². The van der Waals surface area contributed by atoms with Crippen molar-refractivity contribution >= 4 is 13.6 Å². The Bertz CT molecular complexity index is 324. The molecule has 7 heteroatoms. The SMILES string of the molecule is CC(C)(C1CCNC(C(=O)O)C1)P(=O)(O)O. The number of carboxylic acids is 1. The number of piperidine rings is 1. The maximum atomic E-state index is 11.4. The number of rotatable bonds is 3. The van der Waals surface area contributed by atoms with E-state index in [4.69, 9.17) is 5.11 Å². The number of hydrogen-bond acceptors (Lipinski definition) is 3. The minimum absolute atomic E-state index is 0.257. The lowest BCUT2D eigenvalue weighted by molar-refractivity contribution is -0.140. The summed E-state index contributed by atoms with van der Waals surface area (Å²) in [6.07, 6.45) is 0.843. The van der Waals surface area contributed by atoms with Crippen molar-refractivity contribution in [3.63, 3.8) is 0 Å². The Morgan fingerprint density at radius 1 is 1.44 bits per heavy atom. The van der Waals surface area contributed by atoms with Crippen molar-refractivity contribution in [2.24, 2.45) is 5.92 Å². The molecule has 0 aromatic heterocycles. The van der Waals surface area contributed by atoms with E-state index < -0.39 is 24.8 Å². The second kappa shape index (κ2) is 4.45. The molecule has 0 amide bonds. The molecule has 1 saturated heterocycles. The molecule has 4 N–H and O–H groups in total. The molecule has 0 aromatic rings. The topological polar surface area (TPSA) is 107 Å². The quantitative estimate of drug-likeness (QED) is 0.541. The van der Waals surface area contributed by atoms with Gasteiger partial charge in [-0.15, -0.1) is 0 Å². The van der Waals surface area contributed by atoms with Gasteiger partial charge in [0.05, 0.1) is 5.16 Å². The van der Waals surface area contributed by atoms with Crippen LogP contribution in [0.4, 0.5) is 0 Å². The van der Waals surface area contributed by atoms with Crippen molar-refractivity contribution in [2.45, 2.75) is 37.9 Å². The van der Waals surface area contributed by atoms with Crippen LogP contribution in [0.2, 0.25) is 0 Å². The van der Waals surface area contributed by atoms with Gasteiger partial charge in [0, 0.05) is 0 Å². The average Bonchev–Trinajstić information content (AvgIpc) is 2.16. The summed E-state index contributed by atoms with van der Waals surface area (Å²) in [6, 6.07) is -0.704. The zero-order valence-corrected chi connectivity index (χ0v) is 10.3. The first-order valence-electron chi connectivity index (χ1n) is 5.18. The molecule has 1 aliphatic heterocycles. The molecule has 2 atom stereocenters. The van der Waals surface area contributed by atoms with Crippen LogP contribution in [0.25, 0.3) is 0 Å². The van der Waals surface area contributed by atoms with Crippen LogP contribution in [0.5, 0.6) is 0 Å². The standard InChI is InChI=1S/C9H18NO5P/c1-9(2,16(13,14)15)6-3-4-10-7(5-6)8(11)12/h6-7,10H,3-5H2,1-2H3,(H,11,12)(H2,13,14,15). The molecule has 94 valence electrons. The summed E-state index contributed by atoms with van der Waals surface area (Å²) in [4.78, 5) is 29.4. The lowest BCUT2D eigenvalue weighted by Gasteiger charge is -2.39. The Morgan fingerprint density at radius 3 is 2.44 bits per heavy atom. The van der Waals surface area contributed by atoms with Crippen LogP contribution in [-0.2, 0) is 9.36 Å². The molecule has 0 bridgehead atoms. The summed E-state index contributed by atoms with van der Waals surface area (Å²) >= 11 is 0. The van der Waals surface area contributed by atoms with Gasteiger partial charge in [-0.3, -0.25) is 9.36 Å². The smallest absolute Gasteiger partial charge is 0.331 e. The summed E-state index contributed by atoms with van der Waals surface area (Å²) in [5.74, 6) is -1.25. The number of aliphatic carboxylic acids is 1. The van der Waals surface area contributed by atoms with Crippen LogP contribution < -0.4 is 5.32 Å². The molecular weight excluding hydrogens is 233 g/mol. The van der Waals surface area contributed by atoms with E-state index >= 15 is 0 Å². The maximum absolute atomic E-state index is 11.4. The normalized spacial score (nSPS) is 27.8. The first-order valence-corrected chi connectivity index (χ1v) is 6.79. The molecule has 0 aliphatic carbocycles. The van der Waals surface area contributed by atoms with Crippen molar-refractivity contribution < 1.29 is 24.3 Å². The first-order chi connectivity index (χ1) is 7.16. The van der Waals surface area contributed by atoms with Crippen LogP contribution in [0.15, 0.2) is 0 Å². The third-order valence-electron chi connectivity index (χ3n) is 3.45. The monoisotopic (exact) mass is 251 g/mol. The van der Waals surface area contributed by atoms with Gasteiger partial charge in [-0.1, -0.05) is 0 Å². The highest BCUT2D eigenvalue weighted by Gasteiger charge is 2.46. The van der Waals surface area contributed by atoms with Crippen LogP contribution in [0.3, 0.4) is 0 Å². The fraction of sp³-hybridized carbons (Fsp3) is 0.889. The zero-order valence-electron chi connectivity index (χ0n) is 9.38. The van der Waals surface area contributed by atoms with Crippen LogP contribution in [0, 0.1) is 5.92 Å². The van der Waals surface area contributed by atoms with E-state index in [9.17, 15) is 19.1 Å². The van der Waals surface area contributed by atoms with Crippen LogP contribution >= 0.6 is 7.60 Å². The second-order valence-electron chi connectivity index (χ2n) is 4.76. The molecule has 1 aliphatic rings. The molecule has 6 nitrogen and oxygen atoms in total. The molecule has 16 heavy (non-hydrogen) atoms. The van der Waals surface area contributed by atoms with Gasteiger partial charge in [-0.2, -0.15) is 0 Å². The number of carbonyl (C=O) groups is 1. The summed E-state index contributed by atoms with van der Waals surface area (Å²) in [6.45, 7) is 3.48. The summed E-state index contributed by atoms with van der Waals surface area (Å²) in [5.41, 5.74) is 0. The lowest BCUT2D eigenvalue weighted by atomic mass is 9.83. The minimum atomic E-state index is -4.21. The summed E-state index contributed by atoms with van der Waals surface area (Å²) in [5, 5.41) is 10.5. The van der Waals surface area contributed by atoms with E-state index in [1.807, 2.05) is 0 Å². The van der Waals surface area contributed by atoms with E-state index in [0.717, 1.165) is 0 Å². The molecule has 2 unspecified atom stereocenters. The molecule has 0 radical (unpaired) electrons. The number of nitrogens with one attached hydrogen (secondary N) is 1. The van der Waals surface area contributed by atoms with Crippen molar-refractivity contribution in [1.82, 2.24) is 5.32 Å². The first kappa shape index (κ1) is 13.6. The van der Waals surface area contributed by atoms with Gasteiger partial charge < -0.3 is 20.2 Å². The molecule has 1 rings (SSSR count). The van der Waals surface area contributed by atoms with Crippen LogP contribution in [0.1, 0.15) is 26.7 Å². The fourth-order valence-electron chi connectivity index (χ4n) is 1.99. The molecule has 0 saturated carbocycles. The molecule has 0 spiro atoms. The fourth-order valence-corrected chi connectivity index (χ4v) is 2.70. The van der Waals surface area contributed by atoms with Gasteiger partial charge in [0.2, 0.25) is 0 Å². The van der Waals surface area contributed by atoms with E-state index in [1.165, 1.54) is 13.8 Å². The van der Waals surface area contributed by atoms with E-state index in [2.05, 4.69) is 5.32 Å². The minimum Gasteiger partial charge on any atom is -0.480 e. The van der Waals surface area contributed by atoms with Gasteiger partial charge in [0.1, 0.15) is 6.04 Å². The van der Waals surface area contributed by atoms with Crippen LogP contribution in [-0.4, -0.2) is 38.6 Å². The second-order valence-corrected chi connectivity index (χ2v) is 7.00. The zero-order chi connectivity index (χ0) is 12.6. The highest BCUT2D eigenvalue weighted by Crippen LogP contribution is 2.56. The van der Waals surface area contributed by atoms with E-state index in [0.29, 0.717) is 13.0 Å². The summed E-state index contributed by atoms with van der Waals surface area (Å²) in [7, 11) is -4.21. The van der Waals surface area contributed by atoms with Gasteiger partial charge in [0.15, 0.2) is 0 Å². The molecule has 0 aromatic carbocycles. The third-order valence-corrected chi connectivity index (χ3v) is 5.32. The Labute approximate surface area is 94.2 Å². The van der Waals surface area contributed by atoms with Crippen molar-refractivity contribution in [3.05, 3.63) is 0 Å². The summed E-state index contributed by atoms with van der Waals surface area (Å²) < 4.78 is 11.4. The highest BCUT2D eigenvalue weighted by molar-refractivity contribution is 7.53. The van der Waals surface area contributed by atoms with E-state index in [-0.39, 0.29) is 12.3 Å². The number of hydrogen-bond donors (Lipinski definition) is 4. The van der Waals surface area contributed by atoms with Gasteiger partial charge in [-0.05, 0) is 39.2 Å². The predicted octanol–water partition coefficient (Wildman–Crippen LogP) is 0.395.